The van der Waals surface area contributed by atoms with E-state index < -0.39 is 0 Å². The van der Waals surface area contributed by atoms with Gasteiger partial charge in [0.2, 0.25) is 6.41 Å². The molecule has 2 rings (SSSR count). The van der Waals surface area contributed by atoms with E-state index in [1.807, 2.05) is 4.90 Å². The van der Waals surface area contributed by atoms with Crippen LogP contribution in [0.2, 0.25) is 0 Å². The van der Waals surface area contributed by atoms with Gasteiger partial charge in [0.25, 0.3) is 0 Å². The fourth-order valence-corrected chi connectivity index (χ4v) is 2.06. The highest BCUT2D eigenvalue weighted by molar-refractivity contribution is 5.47. The van der Waals surface area contributed by atoms with Gasteiger partial charge in [0, 0.05) is 13.1 Å². The van der Waals surface area contributed by atoms with Gasteiger partial charge in [-0.3, -0.25) is 4.79 Å². The molecule has 2 heteroatoms. The Balaban J connectivity index is 1.79. The van der Waals surface area contributed by atoms with Crippen molar-refractivity contribution in [2.75, 3.05) is 13.1 Å². The Bertz CT molecular complexity index is 146. The van der Waals surface area contributed by atoms with Crippen LogP contribution in [0, 0.1) is 11.8 Å². The van der Waals surface area contributed by atoms with Crippen LogP contribution in [0.4, 0.5) is 0 Å². The predicted octanol–water partition coefficient (Wildman–Crippen LogP) is 1.26. The Morgan fingerprint density at radius 3 is 2.00 bits per heavy atom. The molecule has 2 fully saturated rings. The summed E-state index contributed by atoms with van der Waals surface area (Å²) in [6.45, 7) is 2.01. The Labute approximate surface area is 67.6 Å². The first kappa shape index (κ1) is 7.14. The maximum Gasteiger partial charge on any atom is 0.209 e. The lowest BCUT2D eigenvalue weighted by Crippen LogP contribution is -2.33. The van der Waals surface area contributed by atoms with Crippen molar-refractivity contribution in [3.63, 3.8) is 0 Å². The van der Waals surface area contributed by atoms with Crippen molar-refractivity contribution in [3.05, 3.63) is 0 Å². The van der Waals surface area contributed by atoms with Crippen LogP contribution in [0.15, 0.2) is 0 Å². The van der Waals surface area contributed by atoms with Crippen LogP contribution >= 0.6 is 0 Å². The van der Waals surface area contributed by atoms with Crippen molar-refractivity contribution in [2.24, 2.45) is 11.8 Å². The SMILES string of the molecule is O=CN1CCC(C2CC2)CC1. The molecule has 0 spiro atoms. The van der Waals surface area contributed by atoms with Gasteiger partial charge in [-0.25, -0.2) is 0 Å². The molecule has 1 amide bonds. The third kappa shape index (κ3) is 1.55. The first-order valence-electron chi connectivity index (χ1n) is 4.59. The quantitative estimate of drug-likeness (QED) is 0.547. The number of hydrogen-bond donors (Lipinski definition) is 0. The number of piperidine rings is 1. The van der Waals surface area contributed by atoms with Crippen LogP contribution < -0.4 is 0 Å². The van der Waals surface area contributed by atoms with Crippen molar-refractivity contribution in [2.45, 2.75) is 25.7 Å². The molecule has 1 saturated carbocycles. The molecule has 0 unspecified atom stereocenters. The average molecular weight is 153 g/mol. The topological polar surface area (TPSA) is 20.3 Å². The third-order valence-corrected chi connectivity index (χ3v) is 3.01. The number of amides is 1. The van der Waals surface area contributed by atoms with Crippen molar-refractivity contribution in [1.29, 1.82) is 0 Å². The van der Waals surface area contributed by atoms with Crippen molar-refractivity contribution >= 4 is 6.41 Å². The summed E-state index contributed by atoms with van der Waals surface area (Å²) in [7, 11) is 0. The molecule has 1 aliphatic heterocycles. The molecule has 0 atom stereocenters. The second kappa shape index (κ2) is 2.84. The molecular formula is C9H15NO. The van der Waals surface area contributed by atoms with E-state index in [1.54, 1.807) is 0 Å². The molecule has 1 aliphatic carbocycles. The molecular weight excluding hydrogens is 138 g/mol. The largest absolute Gasteiger partial charge is 0.345 e. The van der Waals surface area contributed by atoms with E-state index in [0.29, 0.717) is 0 Å². The van der Waals surface area contributed by atoms with Gasteiger partial charge in [0.15, 0.2) is 0 Å². The first-order chi connectivity index (χ1) is 5.40. The summed E-state index contributed by atoms with van der Waals surface area (Å²) in [6.07, 6.45) is 6.40. The molecule has 1 heterocycles. The summed E-state index contributed by atoms with van der Waals surface area (Å²) in [5.74, 6) is 1.98. The summed E-state index contributed by atoms with van der Waals surface area (Å²) in [6, 6.07) is 0. The van der Waals surface area contributed by atoms with Crippen molar-refractivity contribution < 1.29 is 4.79 Å². The van der Waals surface area contributed by atoms with Gasteiger partial charge in [-0.1, -0.05) is 0 Å². The summed E-state index contributed by atoms with van der Waals surface area (Å²) in [4.78, 5) is 12.3. The van der Waals surface area contributed by atoms with E-state index in [1.165, 1.54) is 25.7 Å². The molecule has 11 heavy (non-hydrogen) atoms. The summed E-state index contributed by atoms with van der Waals surface area (Å²) in [5, 5.41) is 0. The standard InChI is InChI=1S/C9H15NO/c11-7-10-5-3-9(4-6-10)8-1-2-8/h7-9H,1-6H2. The Morgan fingerprint density at radius 1 is 1.00 bits per heavy atom. The van der Waals surface area contributed by atoms with Gasteiger partial charge >= 0.3 is 0 Å². The molecule has 0 aromatic rings. The second-order valence-electron chi connectivity index (χ2n) is 3.82. The van der Waals surface area contributed by atoms with E-state index in [4.69, 9.17) is 0 Å². The fourth-order valence-electron chi connectivity index (χ4n) is 2.06. The van der Waals surface area contributed by atoms with Crippen LogP contribution in [-0.4, -0.2) is 24.4 Å². The molecule has 0 aromatic carbocycles. The fraction of sp³-hybridized carbons (Fsp3) is 0.889. The lowest BCUT2D eigenvalue weighted by Gasteiger charge is -2.28. The molecule has 1 saturated heterocycles. The van der Waals surface area contributed by atoms with E-state index >= 15 is 0 Å². The lowest BCUT2D eigenvalue weighted by atomic mass is 9.92. The molecule has 0 bridgehead atoms. The number of hydrogen-bond acceptors (Lipinski definition) is 1. The summed E-state index contributed by atoms with van der Waals surface area (Å²) >= 11 is 0. The minimum absolute atomic E-state index is 0.950. The van der Waals surface area contributed by atoms with Gasteiger partial charge in [-0.05, 0) is 37.5 Å². The summed E-state index contributed by atoms with van der Waals surface area (Å²) in [5.41, 5.74) is 0. The van der Waals surface area contributed by atoms with E-state index in [2.05, 4.69) is 0 Å². The van der Waals surface area contributed by atoms with Gasteiger partial charge < -0.3 is 4.90 Å². The minimum atomic E-state index is 0.950. The monoisotopic (exact) mass is 153 g/mol. The molecule has 62 valence electrons. The second-order valence-corrected chi connectivity index (χ2v) is 3.82. The van der Waals surface area contributed by atoms with Crippen LogP contribution in [0.1, 0.15) is 25.7 Å². The third-order valence-electron chi connectivity index (χ3n) is 3.01. The first-order valence-corrected chi connectivity index (χ1v) is 4.59. The maximum atomic E-state index is 10.4. The molecule has 0 radical (unpaired) electrons. The zero-order valence-corrected chi connectivity index (χ0v) is 6.83. The predicted molar refractivity (Wildman–Crippen MR) is 43.1 cm³/mol. The molecule has 0 aromatic heterocycles. The molecule has 0 N–H and O–H groups in total. The highest BCUT2D eigenvalue weighted by Gasteiger charge is 2.32. The maximum absolute atomic E-state index is 10.4. The zero-order chi connectivity index (χ0) is 7.68. The Kier molecular flexibility index (Phi) is 1.84. The Morgan fingerprint density at radius 2 is 1.55 bits per heavy atom. The van der Waals surface area contributed by atoms with Gasteiger partial charge in [-0.2, -0.15) is 0 Å². The average Bonchev–Trinajstić information content (AvgIpc) is 2.87. The number of carbonyl (C=O) groups is 1. The van der Waals surface area contributed by atoms with Crippen LogP contribution in [-0.2, 0) is 4.79 Å². The minimum Gasteiger partial charge on any atom is -0.345 e. The van der Waals surface area contributed by atoms with Crippen molar-refractivity contribution in [1.82, 2.24) is 4.90 Å². The smallest absolute Gasteiger partial charge is 0.209 e. The highest BCUT2D eigenvalue weighted by Crippen LogP contribution is 2.41. The van der Waals surface area contributed by atoms with E-state index in [-0.39, 0.29) is 0 Å². The van der Waals surface area contributed by atoms with E-state index in [9.17, 15) is 4.79 Å². The van der Waals surface area contributed by atoms with Gasteiger partial charge in [-0.15, -0.1) is 0 Å². The van der Waals surface area contributed by atoms with Crippen LogP contribution in [0.25, 0.3) is 0 Å². The van der Waals surface area contributed by atoms with Gasteiger partial charge in [0.1, 0.15) is 0 Å². The normalized spacial score (nSPS) is 27.1. The number of carbonyl (C=O) groups excluding carboxylic acids is 1. The molecule has 2 aliphatic rings. The van der Waals surface area contributed by atoms with Gasteiger partial charge in [0.05, 0.1) is 0 Å². The van der Waals surface area contributed by atoms with E-state index in [0.717, 1.165) is 31.3 Å². The summed E-state index contributed by atoms with van der Waals surface area (Å²) < 4.78 is 0. The van der Waals surface area contributed by atoms with Crippen LogP contribution in [0.5, 0.6) is 0 Å². The number of nitrogens with zero attached hydrogens (tertiary/aromatic N) is 1. The number of rotatable bonds is 2. The zero-order valence-electron chi connectivity index (χ0n) is 6.83. The lowest BCUT2D eigenvalue weighted by molar-refractivity contribution is -0.119. The molecule has 2 nitrogen and oxygen atoms in total. The van der Waals surface area contributed by atoms with Crippen molar-refractivity contribution in [3.8, 4) is 0 Å². The van der Waals surface area contributed by atoms with Crippen LogP contribution in [0.3, 0.4) is 0 Å². The highest BCUT2D eigenvalue weighted by atomic mass is 16.1. The number of likely N-dealkylation sites (tertiary alicyclic amines) is 1. The Hall–Kier alpha value is -0.530.